The number of aliphatic hydroxyl groups is 2. The number of nitrogens with two attached hydrogens (primary N) is 1. The van der Waals surface area contributed by atoms with Gasteiger partial charge in [-0.2, -0.15) is 0 Å². The van der Waals surface area contributed by atoms with Gasteiger partial charge in [0, 0.05) is 11.5 Å². The number of nitrogen functional groups attached to an aromatic ring is 1. The molecule has 2 atom stereocenters. The molecule has 98 valence electrons. The second-order valence-electron chi connectivity index (χ2n) is 3.76. The van der Waals surface area contributed by atoms with E-state index in [9.17, 15) is 10.2 Å². The number of methoxy groups -OCH3 is 1. The second-order valence-corrected chi connectivity index (χ2v) is 3.76. The molecule has 0 radical (unpaired) electrons. The van der Waals surface area contributed by atoms with E-state index in [4.69, 9.17) is 16.0 Å². The third-order valence-electron chi connectivity index (χ3n) is 2.55. The van der Waals surface area contributed by atoms with Crippen LogP contribution >= 0.6 is 0 Å². The van der Waals surface area contributed by atoms with Gasteiger partial charge in [-0.15, -0.1) is 0 Å². The Bertz CT molecular complexity index is 446. The molecule has 0 saturated carbocycles. The van der Waals surface area contributed by atoms with Crippen LogP contribution in [0.2, 0.25) is 0 Å². The second kappa shape index (κ2) is 6.70. The lowest BCUT2D eigenvalue weighted by molar-refractivity contribution is 0.0150. The minimum absolute atomic E-state index is 0.125. The average molecular weight is 252 g/mol. The molecule has 0 fully saturated rings. The summed E-state index contributed by atoms with van der Waals surface area (Å²) in [6.45, 7) is 0.125. The minimum atomic E-state index is -1.08. The van der Waals surface area contributed by atoms with Crippen LogP contribution in [0.25, 0.3) is 10.4 Å². The van der Waals surface area contributed by atoms with Crippen LogP contribution in [0.1, 0.15) is 18.1 Å². The van der Waals surface area contributed by atoms with Crippen LogP contribution < -0.4 is 10.5 Å². The van der Waals surface area contributed by atoms with Gasteiger partial charge < -0.3 is 20.7 Å². The molecule has 1 rings (SSSR count). The maximum atomic E-state index is 9.90. The fraction of sp³-hybridized carbons (Fsp3) is 0.455. The largest absolute Gasteiger partial charge is 0.495 e. The third kappa shape index (κ3) is 3.53. The van der Waals surface area contributed by atoms with Crippen molar-refractivity contribution in [2.75, 3.05) is 19.4 Å². The molecule has 1 aromatic rings. The molecular formula is C11H16N4O3. The Hall–Kier alpha value is -1.95. The normalized spacial score (nSPS) is 13.5. The Kier molecular flexibility index (Phi) is 5.26. The van der Waals surface area contributed by atoms with Gasteiger partial charge in [-0.1, -0.05) is 11.2 Å². The van der Waals surface area contributed by atoms with E-state index >= 15 is 0 Å². The van der Waals surface area contributed by atoms with Crippen molar-refractivity contribution in [3.8, 4) is 5.75 Å². The quantitative estimate of drug-likeness (QED) is 0.306. The predicted molar refractivity (Wildman–Crippen MR) is 67.0 cm³/mol. The van der Waals surface area contributed by atoms with Gasteiger partial charge in [-0.05, 0) is 29.6 Å². The van der Waals surface area contributed by atoms with Gasteiger partial charge in [0.2, 0.25) is 0 Å². The van der Waals surface area contributed by atoms with Crippen LogP contribution in [0.15, 0.2) is 23.3 Å². The van der Waals surface area contributed by atoms with Crippen LogP contribution in [-0.2, 0) is 0 Å². The highest BCUT2D eigenvalue weighted by Crippen LogP contribution is 2.27. The lowest BCUT2D eigenvalue weighted by Crippen LogP contribution is -2.19. The third-order valence-corrected chi connectivity index (χ3v) is 2.55. The molecule has 0 aliphatic heterocycles. The van der Waals surface area contributed by atoms with Crippen LogP contribution in [0, 0.1) is 0 Å². The van der Waals surface area contributed by atoms with Crippen molar-refractivity contribution < 1.29 is 14.9 Å². The molecule has 2 unspecified atom stereocenters. The number of aliphatic hydroxyl groups excluding tert-OH is 2. The Morgan fingerprint density at radius 2 is 2.22 bits per heavy atom. The summed E-state index contributed by atoms with van der Waals surface area (Å²) in [5.74, 6) is 0.509. The number of anilines is 1. The van der Waals surface area contributed by atoms with E-state index in [1.54, 1.807) is 18.2 Å². The summed E-state index contributed by atoms with van der Waals surface area (Å²) in [5, 5.41) is 22.9. The van der Waals surface area contributed by atoms with E-state index in [-0.39, 0.29) is 13.0 Å². The predicted octanol–water partition coefficient (Wildman–Crippen LogP) is 1.37. The first-order valence-corrected chi connectivity index (χ1v) is 5.40. The minimum Gasteiger partial charge on any atom is -0.495 e. The van der Waals surface area contributed by atoms with Gasteiger partial charge in [-0.3, -0.25) is 0 Å². The highest BCUT2D eigenvalue weighted by atomic mass is 16.5. The maximum Gasteiger partial charge on any atom is 0.141 e. The lowest BCUT2D eigenvalue weighted by atomic mass is 10.0. The summed E-state index contributed by atoms with van der Waals surface area (Å²) >= 11 is 0. The number of ether oxygens (including phenoxy) is 1. The number of rotatable bonds is 6. The smallest absolute Gasteiger partial charge is 0.141 e. The van der Waals surface area contributed by atoms with Crippen molar-refractivity contribution in [2.45, 2.75) is 18.6 Å². The van der Waals surface area contributed by atoms with Gasteiger partial charge >= 0.3 is 0 Å². The monoisotopic (exact) mass is 252 g/mol. The Morgan fingerprint density at radius 3 is 2.78 bits per heavy atom. The topological polar surface area (TPSA) is 124 Å². The van der Waals surface area contributed by atoms with Crippen LogP contribution in [-0.4, -0.2) is 30.0 Å². The molecule has 7 heteroatoms. The lowest BCUT2D eigenvalue weighted by Gasteiger charge is -2.18. The van der Waals surface area contributed by atoms with Gasteiger partial charge in [0.15, 0.2) is 0 Å². The van der Waals surface area contributed by atoms with Crippen LogP contribution in [0.5, 0.6) is 5.75 Å². The van der Waals surface area contributed by atoms with Crippen molar-refractivity contribution in [1.82, 2.24) is 0 Å². The van der Waals surface area contributed by atoms with E-state index in [1.165, 1.54) is 7.11 Å². The highest BCUT2D eigenvalue weighted by molar-refractivity contribution is 5.54. The molecule has 0 amide bonds. The van der Waals surface area contributed by atoms with Crippen LogP contribution in [0.4, 0.5) is 5.69 Å². The zero-order chi connectivity index (χ0) is 13.5. The SMILES string of the molecule is COc1ccc(C(O)C(O)CCN=[N+]=[N-])cc1N. The number of benzene rings is 1. The molecule has 1 aromatic carbocycles. The zero-order valence-electron chi connectivity index (χ0n) is 10.0. The van der Waals surface area contributed by atoms with E-state index in [0.717, 1.165) is 0 Å². The first-order valence-electron chi connectivity index (χ1n) is 5.40. The number of azide groups is 1. The van der Waals surface area contributed by atoms with Crippen LogP contribution in [0.3, 0.4) is 0 Å². The summed E-state index contributed by atoms with van der Waals surface area (Å²) < 4.78 is 5.00. The molecule has 0 aliphatic carbocycles. The number of nitrogens with zero attached hydrogens (tertiary/aromatic N) is 3. The molecule has 0 saturated heterocycles. The molecule has 7 nitrogen and oxygen atoms in total. The molecule has 0 spiro atoms. The van der Waals surface area contributed by atoms with Gasteiger partial charge in [0.25, 0.3) is 0 Å². The molecule has 4 N–H and O–H groups in total. The zero-order valence-corrected chi connectivity index (χ0v) is 10.0. The van der Waals surface area contributed by atoms with Gasteiger partial charge in [-0.25, -0.2) is 0 Å². The standard InChI is InChI=1S/C11H16N4O3/c1-18-10-3-2-7(6-8(10)12)11(17)9(16)4-5-14-15-13/h2-3,6,9,11,16-17H,4-5,12H2,1H3. The molecular weight excluding hydrogens is 236 g/mol. The summed E-state index contributed by atoms with van der Waals surface area (Å²) in [7, 11) is 1.50. The molecule has 0 aromatic heterocycles. The van der Waals surface area contributed by atoms with E-state index in [1.807, 2.05) is 0 Å². The summed E-state index contributed by atoms with van der Waals surface area (Å²) in [6, 6.07) is 4.78. The first kappa shape index (κ1) is 14.1. The van der Waals surface area contributed by atoms with E-state index in [0.29, 0.717) is 17.0 Å². The summed E-state index contributed by atoms with van der Waals surface area (Å²) in [6.07, 6.45) is -1.91. The highest BCUT2D eigenvalue weighted by Gasteiger charge is 2.18. The molecule has 0 heterocycles. The molecule has 0 bridgehead atoms. The molecule has 0 aliphatic rings. The van der Waals surface area contributed by atoms with Crippen molar-refractivity contribution >= 4 is 5.69 Å². The van der Waals surface area contributed by atoms with Gasteiger partial charge in [0.1, 0.15) is 11.9 Å². The van der Waals surface area contributed by atoms with Crippen molar-refractivity contribution in [3.05, 3.63) is 34.2 Å². The first-order chi connectivity index (χ1) is 8.60. The Labute approximate surface area is 104 Å². The Balaban J connectivity index is 2.73. The van der Waals surface area contributed by atoms with Crippen molar-refractivity contribution in [1.29, 1.82) is 0 Å². The van der Waals surface area contributed by atoms with Crippen molar-refractivity contribution in [2.24, 2.45) is 5.11 Å². The Morgan fingerprint density at radius 1 is 1.50 bits per heavy atom. The summed E-state index contributed by atoms with van der Waals surface area (Å²) in [5.41, 5.74) is 14.7. The number of hydrogen-bond acceptors (Lipinski definition) is 5. The van der Waals surface area contributed by atoms with E-state index in [2.05, 4.69) is 10.0 Å². The fourth-order valence-corrected chi connectivity index (χ4v) is 1.55. The maximum absolute atomic E-state index is 9.90. The fourth-order valence-electron chi connectivity index (χ4n) is 1.55. The summed E-state index contributed by atoms with van der Waals surface area (Å²) in [4.78, 5) is 2.57. The van der Waals surface area contributed by atoms with Crippen molar-refractivity contribution in [3.63, 3.8) is 0 Å². The van der Waals surface area contributed by atoms with Gasteiger partial charge in [0.05, 0.1) is 18.9 Å². The molecule has 18 heavy (non-hydrogen) atoms. The van der Waals surface area contributed by atoms with E-state index < -0.39 is 12.2 Å². The average Bonchev–Trinajstić information content (AvgIpc) is 2.38. The number of hydrogen-bond donors (Lipinski definition) is 3.